The molecule has 0 aromatic carbocycles. The molecule has 1 amide bonds. The van der Waals surface area contributed by atoms with Gasteiger partial charge in [0.2, 0.25) is 5.91 Å². The molecule has 1 aliphatic rings. The van der Waals surface area contributed by atoms with E-state index in [1.54, 1.807) is 4.90 Å². The van der Waals surface area contributed by atoms with Crippen LogP contribution in [-0.2, 0) is 4.79 Å². The Morgan fingerprint density at radius 3 is 2.80 bits per heavy atom. The van der Waals surface area contributed by atoms with Crippen molar-refractivity contribution in [3.05, 3.63) is 0 Å². The van der Waals surface area contributed by atoms with Gasteiger partial charge >= 0.3 is 0 Å². The van der Waals surface area contributed by atoms with Crippen LogP contribution in [0.3, 0.4) is 0 Å². The number of β-amino-alcohol motifs (C(OH)–C–C–N with tert-alkyl or cyclic N) is 1. The van der Waals surface area contributed by atoms with Gasteiger partial charge < -0.3 is 15.7 Å². The summed E-state index contributed by atoms with van der Waals surface area (Å²) >= 11 is 0. The van der Waals surface area contributed by atoms with E-state index in [1.165, 1.54) is 0 Å². The van der Waals surface area contributed by atoms with Crippen molar-refractivity contribution in [2.45, 2.75) is 45.3 Å². The lowest BCUT2D eigenvalue weighted by molar-refractivity contribution is -0.136. The van der Waals surface area contributed by atoms with E-state index in [-0.39, 0.29) is 12.0 Å². The number of carbonyl (C=O) groups excluding carboxylic acids is 1. The summed E-state index contributed by atoms with van der Waals surface area (Å²) < 4.78 is 0. The van der Waals surface area contributed by atoms with Crippen LogP contribution in [0.2, 0.25) is 0 Å². The van der Waals surface area contributed by atoms with Crippen molar-refractivity contribution >= 4 is 5.91 Å². The quantitative estimate of drug-likeness (QED) is 0.712. The average molecular weight is 214 g/mol. The van der Waals surface area contributed by atoms with Crippen LogP contribution in [-0.4, -0.2) is 41.1 Å². The van der Waals surface area contributed by atoms with Gasteiger partial charge in [-0.1, -0.05) is 13.8 Å². The highest BCUT2D eigenvalue weighted by molar-refractivity contribution is 5.81. The SMILES string of the molecule is CC(C)C[C@H](N)C(=O)N1CCC[C@H](O)C1. The topological polar surface area (TPSA) is 66.6 Å². The summed E-state index contributed by atoms with van der Waals surface area (Å²) in [5.41, 5.74) is 5.82. The Kier molecular flexibility index (Phi) is 4.54. The first kappa shape index (κ1) is 12.5. The third kappa shape index (κ3) is 3.80. The summed E-state index contributed by atoms with van der Waals surface area (Å²) in [4.78, 5) is 13.6. The number of rotatable bonds is 3. The number of aliphatic hydroxyl groups is 1. The molecule has 1 fully saturated rings. The standard InChI is InChI=1S/C11H22N2O2/c1-8(2)6-10(12)11(15)13-5-3-4-9(14)7-13/h8-10,14H,3-7,12H2,1-2H3/t9-,10-/m0/s1. The van der Waals surface area contributed by atoms with Crippen molar-refractivity contribution < 1.29 is 9.90 Å². The van der Waals surface area contributed by atoms with Crippen molar-refractivity contribution in [3.63, 3.8) is 0 Å². The number of aliphatic hydroxyl groups excluding tert-OH is 1. The summed E-state index contributed by atoms with van der Waals surface area (Å²) in [5, 5.41) is 9.46. The van der Waals surface area contributed by atoms with Gasteiger partial charge in [0.05, 0.1) is 12.1 Å². The molecule has 0 saturated carbocycles. The van der Waals surface area contributed by atoms with E-state index < -0.39 is 6.04 Å². The fourth-order valence-corrected chi connectivity index (χ4v) is 2.00. The fraction of sp³-hybridized carbons (Fsp3) is 0.909. The van der Waals surface area contributed by atoms with Gasteiger partial charge in [0, 0.05) is 13.1 Å². The predicted molar refractivity (Wildman–Crippen MR) is 59.3 cm³/mol. The fourth-order valence-electron chi connectivity index (χ4n) is 2.00. The highest BCUT2D eigenvalue weighted by Crippen LogP contribution is 2.12. The van der Waals surface area contributed by atoms with E-state index in [0.29, 0.717) is 18.9 Å². The molecule has 0 spiro atoms. The molecular weight excluding hydrogens is 192 g/mol. The Balaban J connectivity index is 2.44. The summed E-state index contributed by atoms with van der Waals surface area (Å²) in [7, 11) is 0. The van der Waals surface area contributed by atoms with Crippen LogP contribution in [0.4, 0.5) is 0 Å². The number of nitrogens with two attached hydrogens (primary N) is 1. The van der Waals surface area contributed by atoms with E-state index in [1.807, 2.05) is 0 Å². The minimum Gasteiger partial charge on any atom is -0.391 e. The molecule has 1 aliphatic heterocycles. The lowest BCUT2D eigenvalue weighted by Crippen LogP contribution is -2.49. The zero-order valence-electron chi connectivity index (χ0n) is 9.65. The molecule has 4 heteroatoms. The first-order valence-electron chi connectivity index (χ1n) is 5.73. The second-order valence-corrected chi connectivity index (χ2v) is 4.82. The molecule has 88 valence electrons. The van der Waals surface area contributed by atoms with Gasteiger partial charge in [-0.05, 0) is 25.2 Å². The van der Waals surface area contributed by atoms with Crippen LogP contribution in [0.5, 0.6) is 0 Å². The van der Waals surface area contributed by atoms with Crippen molar-refractivity contribution in [1.29, 1.82) is 0 Å². The molecule has 0 bridgehead atoms. The smallest absolute Gasteiger partial charge is 0.239 e. The van der Waals surface area contributed by atoms with Gasteiger partial charge in [-0.15, -0.1) is 0 Å². The monoisotopic (exact) mass is 214 g/mol. The number of amides is 1. The molecule has 0 aliphatic carbocycles. The van der Waals surface area contributed by atoms with Crippen LogP contribution in [0.15, 0.2) is 0 Å². The van der Waals surface area contributed by atoms with Gasteiger partial charge in [-0.25, -0.2) is 0 Å². The van der Waals surface area contributed by atoms with Crippen molar-refractivity contribution in [3.8, 4) is 0 Å². The Labute approximate surface area is 91.4 Å². The minimum atomic E-state index is -0.407. The van der Waals surface area contributed by atoms with Crippen LogP contribution in [0.25, 0.3) is 0 Å². The van der Waals surface area contributed by atoms with E-state index in [2.05, 4.69) is 13.8 Å². The molecule has 0 radical (unpaired) electrons. The molecule has 1 rings (SSSR count). The lowest BCUT2D eigenvalue weighted by atomic mass is 10.0. The van der Waals surface area contributed by atoms with Crippen LogP contribution in [0.1, 0.15) is 33.1 Å². The molecule has 0 unspecified atom stereocenters. The van der Waals surface area contributed by atoms with Gasteiger partial charge in [0.25, 0.3) is 0 Å². The first-order valence-corrected chi connectivity index (χ1v) is 5.73. The molecule has 2 atom stereocenters. The molecule has 0 aromatic heterocycles. The maximum atomic E-state index is 11.9. The average Bonchev–Trinajstić information content (AvgIpc) is 2.15. The summed E-state index contributed by atoms with van der Waals surface area (Å²) in [6.45, 7) is 5.29. The van der Waals surface area contributed by atoms with Crippen LogP contribution >= 0.6 is 0 Å². The second kappa shape index (κ2) is 5.47. The van der Waals surface area contributed by atoms with Crippen molar-refractivity contribution in [1.82, 2.24) is 4.90 Å². The van der Waals surface area contributed by atoms with E-state index in [4.69, 9.17) is 5.73 Å². The molecule has 4 nitrogen and oxygen atoms in total. The first-order chi connectivity index (χ1) is 7.00. The molecular formula is C11H22N2O2. The lowest BCUT2D eigenvalue weighted by Gasteiger charge is -2.32. The number of carbonyl (C=O) groups is 1. The number of hydrogen-bond acceptors (Lipinski definition) is 3. The second-order valence-electron chi connectivity index (χ2n) is 4.82. The molecule has 1 heterocycles. The van der Waals surface area contributed by atoms with Gasteiger partial charge in [-0.3, -0.25) is 4.79 Å². The zero-order chi connectivity index (χ0) is 11.4. The Bertz CT molecular complexity index is 219. The van der Waals surface area contributed by atoms with Crippen molar-refractivity contribution in [2.75, 3.05) is 13.1 Å². The third-order valence-electron chi connectivity index (χ3n) is 2.75. The van der Waals surface area contributed by atoms with Crippen LogP contribution < -0.4 is 5.73 Å². The summed E-state index contributed by atoms with van der Waals surface area (Å²) in [5.74, 6) is 0.418. The largest absolute Gasteiger partial charge is 0.391 e. The molecule has 1 saturated heterocycles. The van der Waals surface area contributed by atoms with Gasteiger partial charge in [0.15, 0.2) is 0 Å². The number of nitrogens with zero attached hydrogens (tertiary/aromatic N) is 1. The predicted octanol–water partition coefficient (Wildman–Crippen LogP) is 0.343. The third-order valence-corrected chi connectivity index (χ3v) is 2.75. The Morgan fingerprint density at radius 2 is 2.27 bits per heavy atom. The zero-order valence-corrected chi connectivity index (χ0v) is 9.65. The number of piperidine rings is 1. The summed E-state index contributed by atoms with van der Waals surface area (Å²) in [6, 6.07) is -0.407. The highest BCUT2D eigenvalue weighted by Gasteiger charge is 2.26. The Hall–Kier alpha value is -0.610. The molecule has 0 aromatic rings. The van der Waals surface area contributed by atoms with E-state index in [0.717, 1.165) is 19.4 Å². The van der Waals surface area contributed by atoms with Crippen molar-refractivity contribution in [2.24, 2.45) is 11.7 Å². The summed E-state index contributed by atoms with van der Waals surface area (Å²) in [6.07, 6.45) is 2.02. The molecule has 3 N–H and O–H groups in total. The maximum Gasteiger partial charge on any atom is 0.239 e. The van der Waals surface area contributed by atoms with Gasteiger partial charge in [-0.2, -0.15) is 0 Å². The highest BCUT2D eigenvalue weighted by atomic mass is 16.3. The van der Waals surface area contributed by atoms with Crippen LogP contribution in [0, 0.1) is 5.92 Å². The molecule has 15 heavy (non-hydrogen) atoms. The van der Waals surface area contributed by atoms with Gasteiger partial charge in [0.1, 0.15) is 0 Å². The van der Waals surface area contributed by atoms with E-state index in [9.17, 15) is 9.90 Å². The minimum absolute atomic E-state index is 0.0116. The van der Waals surface area contributed by atoms with E-state index >= 15 is 0 Å². The number of likely N-dealkylation sites (tertiary alicyclic amines) is 1. The normalized spacial score (nSPS) is 24.3. The Morgan fingerprint density at radius 1 is 1.60 bits per heavy atom. The maximum absolute atomic E-state index is 11.9. The number of hydrogen-bond donors (Lipinski definition) is 2.